The van der Waals surface area contributed by atoms with E-state index in [1.165, 1.54) is 6.92 Å². The summed E-state index contributed by atoms with van der Waals surface area (Å²) in [5.74, 6) is -1.60. The lowest BCUT2D eigenvalue weighted by Crippen LogP contribution is -2.22. The molecule has 0 unspecified atom stereocenters. The van der Waals surface area contributed by atoms with Crippen LogP contribution in [0.5, 0.6) is 0 Å². The third kappa shape index (κ3) is 7.21. The lowest BCUT2D eigenvalue weighted by Gasteiger charge is -2.09. The summed E-state index contributed by atoms with van der Waals surface area (Å²) in [5.41, 5.74) is 3.75. The highest BCUT2D eigenvalue weighted by Gasteiger charge is 2.12. The van der Waals surface area contributed by atoms with Gasteiger partial charge in [-0.3, -0.25) is 19.2 Å². The molecule has 2 aromatic rings. The number of aryl methyl sites for hydroxylation is 2. The number of rotatable bonds is 8. The van der Waals surface area contributed by atoms with E-state index in [4.69, 9.17) is 4.74 Å². The van der Waals surface area contributed by atoms with Crippen LogP contribution in [0, 0.1) is 13.8 Å². The molecule has 2 amide bonds. The summed E-state index contributed by atoms with van der Waals surface area (Å²) in [4.78, 5) is 47.0. The molecule has 0 aromatic heterocycles. The van der Waals surface area contributed by atoms with E-state index in [-0.39, 0.29) is 24.5 Å². The maximum absolute atomic E-state index is 12.0. The largest absolute Gasteiger partial charge is 0.456 e. The van der Waals surface area contributed by atoms with Gasteiger partial charge in [-0.15, -0.1) is 0 Å². The van der Waals surface area contributed by atoms with E-state index < -0.39 is 18.5 Å². The molecule has 7 heteroatoms. The fourth-order valence-electron chi connectivity index (χ4n) is 2.49. The third-order valence-electron chi connectivity index (χ3n) is 4.26. The standard InChI is InChI=1S/C22H24N2O5/c1-14-7-8-19(11-15(14)2)23-20(26)9-10-22(28)29-13-21(27)24-18-6-4-5-17(12-18)16(3)25/h4-8,11-12H,9-10,13H2,1-3H3,(H,23,26)(H,24,27). The molecule has 0 aliphatic heterocycles. The van der Waals surface area contributed by atoms with E-state index in [1.54, 1.807) is 30.3 Å². The van der Waals surface area contributed by atoms with Gasteiger partial charge in [0.2, 0.25) is 5.91 Å². The van der Waals surface area contributed by atoms with Crippen LogP contribution in [0.3, 0.4) is 0 Å². The van der Waals surface area contributed by atoms with Crippen molar-refractivity contribution in [3.63, 3.8) is 0 Å². The van der Waals surface area contributed by atoms with Gasteiger partial charge in [-0.25, -0.2) is 0 Å². The topological polar surface area (TPSA) is 102 Å². The van der Waals surface area contributed by atoms with Gasteiger partial charge >= 0.3 is 5.97 Å². The smallest absolute Gasteiger partial charge is 0.306 e. The second-order valence-corrected chi connectivity index (χ2v) is 6.69. The van der Waals surface area contributed by atoms with Gasteiger partial charge in [-0.2, -0.15) is 0 Å². The van der Waals surface area contributed by atoms with Crippen molar-refractivity contribution in [2.45, 2.75) is 33.6 Å². The first kappa shape index (κ1) is 21.8. The molecule has 152 valence electrons. The molecule has 0 fully saturated rings. The average molecular weight is 396 g/mol. The summed E-state index contributed by atoms with van der Waals surface area (Å²) in [6.45, 7) is 4.89. The summed E-state index contributed by atoms with van der Waals surface area (Å²) in [6, 6.07) is 12.0. The summed E-state index contributed by atoms with van der Waals surface area (Å²) < 4.78 is 4.89. The fourth-order valence-corrected chi connectivity index (χ4v) is 2.49. The number of nitrogens with one attached hydrogen (secondary N) is 2. The summed E-state index contributed by atoms with van der Waals surface area (Å²) in [6.07, 6.45) is -0.183. The first-order chi connectivity index (χ1) is 13.7. The number of hydrogen-bond acceptors (Lipinski definition) is 5. The molecular weight excluding hydrogens is 372 g/mol. The molecular formula is C22H24N2O5. The van der Waals surface area contributed by atoms with Crippen LogP contribution in [0.15, 0.2) is 42.5 Å². The van der Waals surface area contributed by atoms with Gasteiger partial charge in [0.25, 0.3) is 5.91 Å². The monoisotopic (exact) mass is 396 g/mol. The Morgan fingerprint density at radius 1 is 0.828 bits per heavy atom. The number of anilines is 2. The number of carbonyl (C=O) groups is 4. The number of esters is 1. The molecule has 7 nitrogen and oxygen atoms in total. The Hall–Kier alpha value is -3.48. The van der Waals surface area contributed by atoms with Crippen LogP contribution in [0.25, 0.3) is 0 Å². The van der Waals surface area contributed by atoms with Crippen molar-refractivity contribution in [1.29, 1.82) is 0 Å². The minimum atomic E-state index is -0.645. The molecule has 0 heterocycles. The zero-order valence-corrected chi connectivity index (χ0v) is 16.7. The lowest BCUT2D eigenvalue weighted by atomic mass is 10.1. The van der Waals surface area contributed by atoms with E-state index >= 15 is 0 Å². The van der Waals surface area contributed by atoms with Crippen LogP contribution in [-0.2, 0) is 19.1 Å². The fraction of sp³-hybridized carbons (Fsp3) is 0.273. The Morgan fingerprint density at radius 3 is 2.21 bits per heavy atom. The van der Waals surface area contributed by atoms with Crippen LogP contribution < -0.4 is 10.6 Å². The highest BCUT2D eigenvalue weighted by atomic mass is 16.5. The van der Waals surface area contributed by atoms with Crippen molar-refractivity contribution in [2.24, 2.45) is 0 Å². The maximum atomic E-state index is 12.0. The van der Waals surface area contributed by atoms with Crippen LogP contribution in [0.2, 0.25) is 0 Å². The molecule has 0 spiro atoms. The number of benzene rings is 2. The predicted molar refractivity (Wildman–Crippen MR) is 110 cm³/mol. The maximum Gasteiger partial charge on any atom is 0.306 e. The van der Waals surface area contributed by atoms with Gasteiger partial charge in [0, 0.05) is 23.4 Å². The van der Waals surface area contributed by atoms with Crippen molar-refractivity contribution < 1.29 is 23.9 Å². The van der Waals surface area contributed by atoms with Gasteiger partial charge in [-0.1, -0.05) is 18.2 Å². The highest BCUT2D eigenvalue weighted by Crippen LogP contribution is 2.14. The summed E-state index contributed by atoms with van der Waals surface area (Å²) in [5, 5.41) is 5.28. The van der Waals surface area contributed by atoms with Crippen molar-refractivity contribution in [3.05, 3.63) is 59.2 Å². The zero-order chi connectivity index (χ0) is 21.4. The number of hydrogen-bond donors (Lipinski definition) is 2. The SMILES string of the molecule is CC(=O)c1cccc(NC(=O)COC(=O)CCC(=O)Nc2ccc(C)c(C)c2)c1. The van der Waals surface area contributed by atoms with Gasteiger partial charge in [0.1, 0.15) is 0 Å². The molecule has 0 radical (unpaired) electrons. The van der Waals surface area contributed by atoms with E-state index in [0.29, 0.717) is 16.9 Å². The number of ketones is 1. The summed E-state index contributed by atoms with van der Waals surface area (Å²) >= 11 is 0. The Balaban J connectivity index is 1.72. The molecule has 2 aromatic carbocycles. The lowest BCUT2D eigenvalue weighted by molar-refractivity contribution is -0.147. The molecule has 0 bridgehead atoms. The zero-order valence-electron chi connectivity index (χ0n) is 16.7. The van der Waals surface area contributed by atoms with Gasteiger partial charge < -0.3 is 15.4 Å². The van der Waals surface area contributed by atoms with Crippen LogP contribution in [0.1, 0.15) is 41.3 Å². The number of ether oxygens (including phenoxy) is 1. The molecule has 0 aliphatic carbocycles. The van der Waals surface area contributed by atoms with Crippen molar-refractivity contribution >= 4 is 34.9 Å². The number of Topliss-reactive ketones (excluding diaryl/α,β-unsaturated/α-hetero) is 1. The van der Waals surface area contributed by atoms with E-state index in [9.17, 15) is 19.2 Å². The van der Waals surface area contributed by atoms with Crippen LogP contribution >= 0.6 is 0 Å². The normalized spacial score (nSPS) is 10.2. The second-order valence-electron chi connectivity index (χ2n) is 6.69. The first-order valence-electron chi connectivity index (χ1n) is 9.18. The number of amides is 2. The van der Waals surface area contributed by atoms with Crippen molar-refractivity contribution in [3.8, 4) is 0 Å². The van der Waals surface area contributed by atoms with E-state index in [2.05, 4.69) is 10.6 Å². The molecule has 0 saturated heterocycles. The molecule has 0 atom stereocenters. The third-order valence-corrected chi connectivity index (χ3v) is 4.26. The highest BCUT2D eigenvalue weighted by molar-refractivity contribution is 5.98. The molecule has 2 N–H and O–H groups in total. The van der Waals surface area contributed by atoms with Gasteiger partial charge in [0.15, 0.2) is 12.4 Å². The minimum absolute atomic E-state index is 0.0476. The Labute approximate surface area is 169 Å². The molecule has 2 rings (SSSR count). The minimum Gasteiger partial charge on any atom is -0.456 e. The number of carbonyl (C=O) groups excluding carboxylic acids is 4. The molecule has 0 aliphatic rings. The second kappa shape index (κ2) is 10.2. The molecule has 29 heavy (non-hydrogen) atoms. The Kier molecular flexibility index (Phi) is 7.65. The van der Waals surface area contributed by atoms with Crippen LogP contribution in [-0.4, -0.2) is 30.2 Å². The van der Waals surface area contributed by atoms with Gasteiger partial charge in [-0.05, 0) is 56.2 Å². The van der Waals surface area contributed by atoms with Crippen molar-refractivity contribution in [2.75, 3.05) is 17.2 Å². The quantitative estimate of drug-likeness (QED) is 0.526. The average Bonchev–Trinajstić information content (AvgIpc) is 2.68. The van der Waals surface area contributed by atoms with Gasteiger partial charge in [0.05, 0.1) is 6.42 Å². The van der Waals surface area contributed by atoms with E-state index in [1.807, 2.05) is 26.0 Å². The molecule has 0 saturated carbocycles. The van der Waals surface area contributed by atoms with E-state index in [0.717, 1.165) is 11.1 Å². The van der Waals surface area contributed by atoms with Crippen LogP contribution in [0.4, 0.5) is 11.4 Å². The summed E-state index contributed by atoms with van der Waals surface area (Å²) in [7, 11) is 0. The Bertz CT molecular complexity index is 937. The Morgan fingerprint density at radius 2 is 1.52 bits per heavy atom. The first-order valence-corrected chi connectivity index (χ1v) is 9.18. The van der Waals surface area contributed by atoms with Crippen molar-refractivity contribution in [1.82, 2.24) is 0 Å². The predicted octanol–water partition coefficient (Wildman–Crippen LogP) is 3.41.